The van der Waals surface area contributed by atoms with Crippen LogP contribution in [0.3, 0.4) is 0 Å². The Hall–Kier alpha value is -2.12. The molecule has 2 aromatic rings. The summed E-state index contributed by atoms with van der Waals surface area (Å²) in [4.78, 5) is 12.4. The van der Waals surface area contributed by atoms with Crippen molar-refractivity contribution in [1.29, 1.82) is 0 Å². The third kappa shape index (κ3) is 2.85. The van der Waals surface area contributed by atoms with Crippen molar-refractivity contribution < 1.29 is 13.2 Å². The summed E-state index contributed by atoms with van der Waals surface area (Å²) in [5, 5.41) is 7.93. The minimum absolute atomic E-state index is 0.118. The predicted octanol–water partition coefficient (Wildman–Crippen LogP) is 3.01. The number of halogens is 1. The molecule has 1 aromatic heterocycles. The number of benzene rings is 1. The Morgan fingerprint density at radius 1 is 1.35 bits per heavy atom. The largest absolute Gasteiger partial charge is 0.321 e. The second kappa shape index (κ2) is 5.96. The van der Waals surface area contributed by atoms with Gasteiger partial charge in [0, 0.05) is 27.4 Å². The summed E-state index contributed by atoms with van der Waals surface area (Å²) in [5.41, 5.74) is 4.54. The summed E-state index contributed by atoms with van der Waals surface area (Å²) < 4.78 is 25.4. The van der Waals surface area contributed by atoms with Gasteiger partial charge in [0.05, 0.1) is 28.9 Å². The number of nitrogens with one attached hydrogen (secondary N) is 1. The molecule has 0 spiro atoms. The first-order valence-electron chi connectivity index (χ1n) is 8.34. The van der Waals surface area contributed by atoms with E-state index in [4.69, 9.17) is 11.6 Å². The van der Waals surface area contributed by atoms with Crippen molar-refractivity contribution >= 4 is 44.7 Å². The molecule has 1 atom stereocenters. The molecule has 4 rings (SSSR count). The van der Waals surface area contributed by atoms with E-state index in [-0.39, 0.29) is 23.5 Å². The summed E-state index contributed by atoms with van der Waals surface area (Å²) in [6, 6.07) is 5.15. The van der Waals surface area contributed by atoms with Crippen molar-refractivity contribution in [3.05, 3.63) is 45.7 Å². The minimum Gasteiger partial charge on any atom is -0.321 e. The van der Waals surface area contributed by atoms with Gasteiger partial charge in [-0.25, -0.2) is 8.42 Å². The van der Waals surface area contributed by atoms with Gasteiger partial charge >= 0.3 is 0 Å². The number of rotatable bonds is 2. The second-order valence-corrected chi connectivity index (χ2v) is 9.45. The standard InChI is InChI=1S/C18H18ClN3O3S/c1-10-15(11(2)22(21-10)13-5-6-26(24,25)9-13)8-16-14-4-3-12(19)7-17(14)20-18(16)23/h3-4,7-8,13H,5-6,9H2,1-2H3,(H,20,23)/b16-8-/t13-/m0/s1. The monoisotopic (exact) mass is 391 g/mol. The van der Waals surface area contributed by atoms with Crippen LogP contribution >= 0.6 is 11.6 Å². The Balaban J connectivity index is 1.76. The molecule has 1 saturated heterocycles. The maximum atomic E-state index is 12.4. The van der Waals surface area contributed by atoms with Gasteiger partial charge in [-0.2, -0.15) is 5.10 Å². The summed E-state index contributed by atoms with van der Waals surface area (Å²) in [6.07, 6.45) is 2.40. The summed E-state index contributed by atoms with van der Waals surface area (Å²) in [6.45, 7) is 3.78. The van der Waals surface area contributed by atoms with Crippen LogP contribution in [0.15, 0.2) is 18.2 Å². The first-order chi connectivity index (χ1) is 12.2. The van der Waals surface area contributed by atoms with Gasteiger partial charge in [-0.05, 0) is 38.5 Å². The molecular formula is C18H18ClN3O3S. The van der Waals surface area contributed by atoms with Crippen LogP contribution in [0.1, 0.15) is 35.0 Å². The average Bonchev–Trinajstić information content (AvgIpc) is 3.16. The molecule has 2 aliphatic rings. The first-order valence-corrected chi connectivity index (χ1v) is 10.5. The van der Waals surface area contributed by atoms with Gasteiger partial charge in [-0.15, -0.1) is 0 Å². The van der Waals surface area contributed by atoms with Crippen LogP contribution in [-0.4, -0.2) is 35.6 Å². The van der Waals surface area contributed by atoms with Crippen LogP contribution in [0, 0.1) is 13.8 Å². The number of anilines is 1. The van der Waals surface area contributed by atoms with Crippen molar-refractivity contribution in [3.8, 4) is 0 Å². The van der Waals surface area contributed by atoms with Gasteiger partial charge in [0.1, 0.15) is 0 Å². The third-order valence-electron chi connectivity index (χ3n) is 4.99. The van der Waals surface area contributed by atoms with Crippen molar-refractivity contribution in [3.63, 3.8) is 0 Å². The van der Waals surface area contributed by atoms with Gasteiger partial charge in [-0.3, -0.25) is 9.48 Å². The number of aryl methyl sites for hydroxylation is 1. The van der Waals surface area contributed by atoms with Gasteiger partial charge in [-0.1, -0.05) is 17.7 Å². The SMILES string of the molecule is Cc1nn([C@H]2CCS(=O)(=O)C2)c(C)c1/C=C1\C(=O)Nc2cc(Cl)ccc21. The molecule has 0 bridgehead atoms. The zero-order chi connectivity index (χ0) is 18.6. The molecule has 1 amide bonds. The highest BCUT2D eigenvalue weighted by Gasteiger charge is 2.32. The topological polar surface area (TPSA) is 81.1 Å². The predicted molar refractivity (Wildman–Crippen MR) is 102 cm³/mol. The Morgan fingerprint density at radius 3 is 2.81 bits per heavy atom. The number of aromatic nitrogens is 2. The van der Waals surface area contributed by atoms with Gasteiger partial charge in [0.2, 0.25) is 0 Å². The lowest BCUT2D eigenvalue weighted by molar-refractivity contribution is -0.110. The van der Waals surface area contributed by atoms with E-state index in [1.807, 2.05) is 26.0 Å². The quantitative estimate of drug-likeness (QED) is 0.798. The van der Waals surface area contributed by atoms with Crippen molar-refractivity contribution in [1.82, 2.24) is 9.78 Å². The average molecular weight is 392 g/mol. The summed E-state index contributed by atoms with van der Waals surface area (Å²) in [5.74, 6) is 0.132. The summed E-state index contributed by atoms with van der Waals surface area (Å²) >= 11 is 6.00. The third-order valence-corrected chi connectivity index (χ3v) is 6.97. The second-order valence-electron chi connectivity index (χ2n) is 6.79. The molecule has 0 unspecified atom stereocenters. The smallest absolute Gasteiger partial charge is 0.256 e. The van der Waals surface area contributed by atoms with Crippen molar-refractivity contribution in [2.75, 3.05) is 16.8 Å². The highest BCUT2D eigenvalue weighted by Crippen LogP contribution is 2.36. The zero-order valence-corrected chi connectivity index (χ0v) is 16.0. The molecule has 136 valence electrons. The minimum atomic E-state index is -2.99. The van der Waals surface area contributed by atoms with Crippen LogP contribution in [0.2, 0.25) is 5.02 Å². The highest BCUT2D eigenvalue weighted by atomic mass is 35.5. The van der Waals surface area contributed by atoms with Crippen molar-refractivity contribution in [2.45, 2.75) is 26.3 Å². The molecule has 8 heteroatoms. The number of sulfone groups is 1. The maximum Gasteiger partial charge on any atom is 0.256 e. The summed E-state index contributed by atoms with van der Waals surface area (Å²) in [7, 11) is -2.99. The molecule has 1 fully saturated rings. The number of nitrogens with zero attached hydrogens (tertiary/aromatic N) is 2. The van der Waals surface area contributed by atoms with Gasteiger partial charge < -0.3 is 5.32 Å². The molecule has 26 heavy (non-hydrogen) atoms. The number of hydrogen-bond donors (Lipinski definition) is 1. The molecule has 3 heterocycles. The van der Waals surface area contributed by atoms with E-state index in [1.165, 1.54) is 0 Å². The fourth-order valence-electron chi connectivity index (χ4n) is 3.66. The first kappa shape index (κ1) is 17.3. The van der Waals surface area contributed by atoms with Gasteiger partial charge in [0.15, 0.2) is 9.84 Å². The van der Waals surface area contributed by atoms with E-state index in [2.05, 4.69) is 10.4 Å². The number of amides is 1. The molecule has 1 aromatic carbocycles. The van der Waals surface area contributed by atoms with E-state index in [9.17, 15) is 13.2 Å². The van der Waals surface area contributed by atoms with Gasteiger partial charge in [0.25, 0.3) is 5.91 Å². The Kier molecular flexibility index (Phi) is 3.96. The van der Waals surface area contributed by atoms with Crippen LogP contribution in [0.4, 0.5) is 5.69 Å². The Morgan fingerprint density at radius 2 is 2.12 bits per heavy atom. The lowest BCUT2D eigenvalue weighted by Crippen LogP contribution is -2.14. The number of hydrogen-bond acceptors (Lipinski definition) is 4. The molecule has 2 aliphatic heterocycles. The number of carbonyl (C=O) groups excluding carboxylic acids is 1. The lowest BCUT2D eigenvalue weighted by atomic mass is 10.0. The fourth-order valence-corrected chi connectivity index (χ4v) is 5.53. The van der Waals surface area contributed by atoms with E-state index in [0.29, 0.717) is 22.7 Å². The van der Waals surface area contributed by atoms with Crippen LogP contribution in [0.25, 0.3) is 11.6 Å². The van der Waals surface area contributed by atoms with E-state index < -0.39 is 9.84 Å². The lowest BCUT2D eigenvalue weighted by Gasteiger charge is -2.11. The van der Waals surface area contributed by atoms with Crippen LogP contribution in [-0.2, 0) is 14.6 Å². The van der Waals surface area contributed by atoms with Crippen molar-refractivity contribution in [2.24, 2.45) is 0 Å². The molecule has 0 aliphatic carbocycles. The number of carbonyl (C=O) groups is 1. The van der Waals surface area contributed by atoms with E-state index in [1.54, 1.807) is 16.8 Å². The fraction of sp³-hybridized carbons (Fsp3) is 0.333. The molecule has 0 saturated carbocycles. The zero-order valence-electron chi connectivity index (χ0n) is 14.4. The maximum absolute atomic E-state index is 12.4. The van der Waals surface area contributed by atoms with Crippen LogP contribution < -0.4 is 5.32 Å². The molecular weight excluding hydrogens is 374 g/mol. The highest BCUT2D eigenvalue weighted by molar-refractivity contribution is 7.91. The molecule has 1 N–H and O–H groups in total. The molecule has 6 nitrogen and oxygen atoms in total. The molecule has 0 radical (unpaired) electrons. The van der Waals surface area contributed by atoms with E-state index in [0.717, 1.165) is 22.5 Å². The van der Waals surface area contributed by atoms with Crippen LogP contribution in [0.5, 0.6) is 0 Å². The van der Waals surface area contributed by atoms with E-state index >= 15 is 0 Å². The number of fused-ring (bicyclic) bond motifs is 1. The Bertz CT molecular complexity index is 1070. The normalized spacial score (nSPS) is 22.7. The Labute approximate surface area is 156 Å².